The Hall–Kier alpha value is -0.280. The molecule has 1 amide bonds. The summed E-state index contributed by atoms with van der Waals surface area (Å²) in [5.74, 6) is 1.69. The molecule has 2 aliphatic carbocycles. The topological polar surface area (TPSA) is 41.1 Å². The van der Waals surface area contributed by atoms with Crippen LogP contribution in [0.3, 0.4) is 0 Å². The maximum absolute atomic E-state index is 12.3. The van der Waals surface area contributed by atoms with Crippen LogP contribution in [0.1, 0.15) is 58.3 Å². The van der Waals surface area contributed by atoms with Crippen LogP contribution in [-0.2, 0) is 4.79 Å². The highest BCUT2D eigenvalue weighted by molar-refractivity contribution is 5.85. The molecule has 0 spiro atoms. The molecule has 2 saturated carbocycles. The Morgan fingerprint density at radius 1 is 1.11 bits per heavy atom. The molecule has 5 unspecified atom stereocenters. The Morgan fingerprint density at radius 3 is 2.58 bits per heavy atom. The summed E-state index contributed by atoms with van der Waals surface area (Å²) in [5.41, 5.74) is 0. The molecule has 3 rings (SSSR count). The van der Waals surface area contributed by atoms with Crippen molar-refractivity contribution in [2.24, 2.45) is 11.8 Å². The predicted octanol–water partition coefficient (Wildman–Crippen LogP) is 2.63. The van der Waals surface area contributed by atoms with Crippen molar-refractivity contribution in [3.63, 3.8) is 0 Å². The van der Waals surface area contributed by atoms with E-state index in [1.54, 1.807) is 0 Å². The number of rotatable bonds is 2. The summed E-state index contributed by atoms with van der Waals surface area (Å²) in [6.45, 7) is 2.26. The van der Waals surface area contributed by atoms with Crippen LogP contribution in [-0.4, -0.2) is 24.0 Å². The van der Waals surface area contributed by atoms with Crippen LogP contribution in [0.5, 0.6) is 0 Å². The summed E-state index contributed by atoms with van der Waals surface area (Å²) in [4.78, 5) is 12.3. The summed E-state index contributed by atoms with van der Waals surface area (Å²) in [6, 6.07) is 1.14. The van der Waals surface area contributed by atoms with Gasteiger partial charge in [-0.05, 0) is 43.9 Å². The summed E-state index contributed by atoms with van der Waals surface area (Å²) in [5, 5.41) is 6.85. The van der Waals surface area contributed by atoms with E-state index in [4.69, 9.17) is 0 Å². The number of amides is 1. The molecular weight excluding hydrogens is 260 g/mol. The van der Waals surface area contributed by atoms with Gasteiger partial charge in [-0.2, -0.15) is 0 Å². The lowest BCUT2D eigenvalue weighted by molar-refractivity contribution is -0.123. The minimum atomic E-state index is 0. The van der Waals surface area contributed by atoms with Crippen LogP contribution in [0.15, 0.2) is 0 Å². The molecule has 5 atom stereocenters. The summed E-state index contributed by atoms with van der Waals surface area (Å²) in [7, 11) is 0. The summed E-state index contributed by atoms with van der Waals surface area (Å²) >= 11 is 0. The van der Waals surface area contributed by atoms with Gasteiger partial charge in [-0.3, -0.25) is 4.79 Å². The molecule has 0 radical (unpaired) electrons. The lowest BCUT2D eigenvalue weighted by Crippen LogP contribution is -2.47. The van der Waals surface area contributed by atoms with Crippen LogP contribution in [0.25, 0.3) is 0 Å². The Kier molecular flexibility index (Phi) is 5.13. The fourth-order valence-corrected chi connectivity index (χ4v) is 4.16. The first-order chi connectivity index (χ1) is 8.74. The third kappa shape index (κ3) is 3.25. The van der Waals surface area contributed by atoms with Crippen LogP contribution >= 0.6 is 12.4 Å². The molecule has 2 N–H and O–H groups in total. The first-order valence-electron chi connectivity index (χ1n) is 7.80. The third-order valence-electron chi connectivity index (χ3n) is 5.37. The van der Waals surface area contributed by atoms with E-state index in [1.165, 1.54) is 44.9 Å². The zero-order chi connectivity index (χ0) is 12.5. The number of hydrogen-bond acceptors (Lipinski definition) is 2. The Balaban J connectivity index is 0.00000133. The van der Waals surface area contributed by atoms with Gasteiger partial charge in [-0.25, -0.2) is 0 Å². The number of fused-ring (bicyclic) bond motifs is 1. The molecule has 3 nitrogen and oxygen atoms in total. The molecule has 110 valence electrons. The van der Waals surface area contributed by atoms with Crippen molar-refractivity contribution in [1.82, 2.24) is 10.6 Å². The largest absolute Gasteiger partial charge is 0.352 e. The van der Waals surface area contributed by atoms with Gasteiger partial charge in [-0.15, -0.1) is 12.4 Å². The molecule has 1 heterocycles. The summed E-state index contributed by atoms with van der Waals surface area (Å²) < 4.78 is 0. The average molecular weight is 287 g/mol. The van der Waals surface area contributed by atoms with Gasteiger partial charge < -0.3 is 10.6 Å². The lowest BCUT2D eigenvalue weighted by Gasteiger charge is -2.24. The maximum atomic E-state index is 12.3. The van der Waals surface area contributed by atoms with E-state index in [9.17, 15) is 4.79 Å². The minimum absolute atomic E-state index is 0. The van der Waals surface area contributed by atoms with Gasteiger partial charge in [0, 0.05) is 12.1 Å². The number of halogens is 1. The van der Waals surface area contributed by atoms with Crippen molar-refractivity contribution in [2.75, 3.05) is 0 Å². The second kappa shape index (κ2) is 6.45. The third-order valence-corrected chi connectivity index (χ3v) is 5.37. The number of carbonyl (C=O) groups excluding carboxylic acids is 1. The van der Waals surface area contributed by atoms with Crippen LogP contribution < -0.4 is 10.6 Å². The van der Waals surface area contributed by atoms with E-state index in [2.05, 4.69) is 17.6 Å². The molecule has 3 aliphatic rings. The van der Waals surface area contributed by atoms with Crippen molar-refractivity contribution < 1.29 is 4.79 Å². The first kappa shape index (κ1) is 15.1. The molecule has 1 aliphatic heterocycles. The smallest absolute Gasteiger partial charge is 0.237 e. The lowest BCUT2D eigenvalue weighted by atomic mass is 9.85. The van der Waals surface area contributed by atoms with Crippen molar-refractivity contribution in [2.45, 2.75) is 76.4 Å². The fraction of sp³-hybridized carbons (Fsp3) is 0.933. The van der Waals surface area contributed by atoms with E-state index in [0.29, 0.717) is 18.0 Å². The predicted molar refractivity (Wildman–Crippen MR) is 79.5 cm³/mol. The SMILES string of the molecule is CC1CCCC1NC(=O)C1CC2CCCCC2N1.Cl. The van der Waals surface area contributed by atoms with Crippen LogP contribution in [0.4, 0.5) is 0 Å². The Labute approximate surface area is 122 Å². The zero-order valence-electron chi connectivity index (χ0n) is 11.9. The normalized spacial score (nSPS) is 41.4. The molecule has 4 heteroatoms. The highest BCUT2D eigenvalue weighted by atomic mass is 35.5. The summed E-state index contributed by atoms with van der Waals surface area (Å²) in [6.07, 6.45) is 10.1. The molecule has 1 saturated heterocycles. The molecule has 0 aromatic carbocycles. The number of nitrogens with one attached hydrogen (secondary N) is 2. The first-order valence-corrected chi connectivity index (χ1v) is 7.80. The van der Waals surface area contributed by atoms with Crippen molar-refractivity contribution in [3.8, 4) is 0 Å². The van der Waals surface area contributed by atoms with Gasteiger partial charge in [0.25, 0.3) is 0 Å². The Morgan fingerprint density at radius 2 is 1.89 bits per heavy atom. The fourth-order valence-electron chi connectivity index (χ4n) is 4.16. The second-order valence-electron chi connectivity index (χ2n) is 6.63. The van der Waals surface area contributed by atoms with Gasteiger partial charge in [-0.1, -0.05) is 26.2 Å². The van der Waals surface area contributed by atoms with E-state index in [0.717, 1.165) is 12.3 Å². The Bertz CT molecular complexity index is 309. The zero-order valence-corrected chi connectivity index (χ0v) is 12.7. The standard InChI is InChI=1S/C15H26N2O.ClH/c1-10-5-4-8-12(10)17-15(18)14-9-11-6-2-3-7-13(11)16-14;/h10-14,16H,2-9H2,1H3,(H,17,18);1H. The van der Waals surface area contributed by atoms with Gasteiger partial charge in [0.1, 0.15) is 0 Å². The van der Waals surface area contributed by atoms with Gasteiger partial charge in [0.15, 0.2) is 0 Å². The van der Waals surface area contributed by atoms with E-state index in [-0.39, 0.29) is 24.4 Å². The van der Waals surface area contributed by atoms with Gasteiger partial charge in [0.2, 0.25) is 5.91 Å². The molecular formula is C15H27ClN2O. The molecule has 0 aromatic rings. The minimum Gasteiger partial charge on any atom is -0.352 e. The number of carbonyl (C=O) groups is 1. The van der Waals surface area contributed by atoms with E-state index < -0.39 is 0 Å². The molecule has 0 bridgehead atoms. The van der Waals surface area contributed by atoms with Crippen LogP contribution in [0, 0.1) is 11.8 Å². The van der Waals surface area contributed by atoms with Gasteiger partial charge in [0.05, 0.1) is 6.04 Å². The average Bonchev–Trinajstić information content (AvgIpc) is 2.96. The van der Waals surface area contributed by atoms with Crippen LogP contribution in [0.2, 0.25) is 0 Å². The number of hydrogen-bond donors (Lipinski definition) is 2. The molecule has 19 heavy (non-hydrogen) atoms. The van der Waals surface area contributed by atoms with E-state index in [1.807, 2.05) is 0 Å². The van der Waals surface area contributed by atoms with Crippen molar-refractivity contribution >= 4 is 18.3 Å². The molecule has 0 aromatic heterocycles. The monoisotopic (exact) mass is 286 g/mol. The highest BCUT2D eigenvalue weighted by Gasteiger charge is 2.39. The highest BCUT2D eigenvalue weighted by Crippen LogP contribution is 2.33. The van der Waals surface area contributed by atoms with Crippen molar-refractivity contribution in [3.05, 3.63) is 0 Å². The van der Waals surface area contributed by atoms with Gasteiger partial charge >= 0.3 is 0 Å². The van der Waals surface area contributed by atoms with Crippen molar-refractivity contribution in [1.29, 1.82) is 0 Å². The quantitative estimate of drug-likeness (QED) is 0.819. The second-order valence-corrected chi connectivity index (χ2v) is 6.63. The maximum Gasteiger partial charge on any atom is 0.237 e. The van der Waals surface area contributed by atoms with E-state index >= 15 is 0 Å². The molecule has 3 fully saturated rings.